The third-order valence-corrected chi connectivity index (χ3v) is 4.46. The van der Waals surface area contributed by atoms with Crippen LogP contribution in [0.1, 0.15) is 5.56 Å². The van der Waals surface area contributed by atoms with E-state index in [-0.39, 0.29) is 5.82 Å². The van der Waals surface area contributed by atoms with Crippen LogP contribution in [0, 0.1) is 5.82 Å². The molecule has 156 valence electrons. The number of alkyl halides is 3. The zero-order chi connectivity index (χ0) is 21.8. The van der Waals surface area contributed by atoms with Crippen LogP contribution >= 0.6 is 0 Å². The summed E-state index contributed by atoms with van der Waals surface area (Å²) < 4.78 is 51.7. The first-order chi connectivity index (χ1) is 14.9. The molecule has 31 heavy (non-hydrogen) atoms. The van der Waals surface area contributed by atoms with E-state index in [0.717, 1.165) is 17.7 Å². The summed E-state index contributed by atoms with van der Waals surface area (Å²) in [6, 6.07) is 19.8. The predicted molar refractivity (Wildman–Crippen MR) is 112 cm³/mol. The number of hydrogen-bond acceptors (Lipinski definition) is 4. The number of aromatic nitrogens is 2. The molecule has 0 aliphatic heterocycles. The fourth-order valence-corrected chi connectivity index (χ4v) is 3.00. The molecule has 0 unspecified atom stereocenters. The summed E-state index contributed by atoms with van der Waals surface area (Å²) in [7, 11) is 0. The molecule has 4 rings (SSSR count). The van der Waals surface area contributed by atoms with Gasteiger partial charge in [-0.2, -0.15) is 13.2 Å². The largest absolute Gasteiger partial charge is 0.416 e. The van der Waals surface area contributed by atoms with E-state index in [2.05, 4.69) is 20.6 Å². The Morgan fingerprint density at radius 1 is 0.710 bits per heavy atom. The fourth-order valence-electron chi connectivity index (χ4n) is 3.00. The average Bonchev–Trinajstić information content (AvgIpc) is 2.74. The normalized spacial score (nSPS) is 11.2. The second-order valence-electron chi connectivity index (χ2n) is 6.67. The van der Waals surface area contributed by atoms with Gasteiger partial charge < -0.3 is 10.6 Å². The second kappa shape index (κ2) is 8.43. The van der Waals surface area contributed by atoms with Crippen LogP contribution < -0.4 is 10.6 Å². The second-order valence-corrected chi connectivity index (χ2v) is 6.67. The summed E-state index contributed by atoms with van der Waals surface area (Å²) in [5, 5.41) is 6.15. The Bertz CT molecular complexity index is 1190. The van der Waals surface area contributed by atoms with Crippen molar-refractivity contribution in [3.8, 4) is 11.3 Å². The summed E-state index contributed by atoms with van der Waals surface area (Å²) >= 11 is 0. The molecule has 0 aliphatic rings. The van der Waals surface area contributed by atoms with Crippen LogP contribution in [0.4, 0.5) is 40.4 Å². The molecule has 0 spiro atoms. The minimum Gasteiger partial charge on any atom is -0.355 e. The zero-order valence-corrected chi connectivity index (χ0v) is 16.0. The van der Waals surface area contributed by atoms with Gasteiger partial charge in [0.2, 0.25) is 0 Å². The van der Waals surface area contributed by atoms with Gasteiger partial charge in [0.25, 0.3) is 0 Å². The standard InChI is InChI=1S/C23H16F4N4/c24-16-4-3-5-18(12-16)30-20-7-2-1-6-19(20)21-13-22(29-14-28-21)31-17-10-8-15(9-11-17)23(25,26)27/h1-14,30H,(H,28,29,31). The van der Waals surface area contributed by atoms with Crippen molar-refractivity contribution in [2.75, 3.05) is 10.6 Å². The molecule has 1 aromatic heterocycles. The molecule has 0 atom stereocenters. The Balaban J connectivity index is 1.59. The van der Waals surface area contributed by atoms with Gasteiger partial charge in [0.05, 0.1) is 11.3 Å². The van der Waals surface area contributed by atoms with Crippen molar-refractivity contribution >= 4 is 22.9 Å². The number of nitrogens with zero attached hydrogens (tertiary/aromatic N) is 2. The Kier molecular flexibility index (Phi) is 5.53. The van der Waals surface area contributed by atoms with Crippen molar-refractivity contribution in [2.24, 2.45) is 0 Å². The average molecular weight is 424 g/mol. The lowest BCUT2D eigenvalue weighted by Gasteiger charge is -2.13. The van der Waals surface area contributed by atoms with Crippen molar-refractivity contribution in [2.45, 2.75) is 6.18 Å². The van der Waals surface area contributed by atoms with Crippen molar-refractivity contribution in [1.82, 2.24) is 9.97 Å². The number of nitrogens with one attached hydrogen (secondary N) is 2. The summed E-state index contributed by atoms with van der Waals surface area (Å²) in [6.45, 7) is 0. The minimum absolute atomic E-state index is 0.354. The van der Waals surface area contributed by atoms with Crippen LogP contribution in [0.5, 0.6) is 0 Å². The van der Waals surface area contributed by atoms with E-state index in [0.29, 0.717) is 28.6 Å². The van der Waals surface area contributed by atoms with E-state index in [1.54, 1.807) is 18.2 Å². The highest BCUT2D eigenvalue weighted by atomic mass is 19.4. The molecule has 1 heterocycles. The molecule has 2 N–H and O–H groups in total. The molecule has 0 aliphatic carbocycles. The molecular formula is C23H16F4N4. The van der Waals surface area contributed by atoms with E-state index in [4.69, 9.17) is 0 Å². The highest BCUT2D eigenvalue weighted by Gasteiger charge is 2.29. The topological polar surface area (TPSA) is 49.8 Å². The van der Waals surface area contributed by atoms with Crippen molar-refractivity contribution in [1.29, 1.82) is 0 Å². The molecule has 0 bridgehead atoms. The van der Waals surface area contributed by atoms with E-state index >= 15 is 0 Å². The highest BCUT2D eigenvalue weighted by Crippen LogP contribution is 2.32. The Morgan fingerprint density at radius 2 is 1.48 bits per heavy atom. The van der Waals surface area contributed by atoms with Gasteiger partial charge in [-0.25, -0.2) is 14.4 Å². The molecule has 0 saturated carbocycles. The number of halogens is 4. The van der Waals surface area contributed by atoms with Crippen molar-refractivity contribution < 1.29 is 17.6 Å². The monoisotopic (exact) mass is 424 g/mol. The van der Waals surface area contributed by atoms with E-state index in [1.807, 2.05) is 24.3 Å². The minimum atomic E-state index is -4.39. The van der Waals surface area contributed by atoms with Gasteiger partial charge in [0.1, 0.15) is 18.0 Å². The third kappa shape index (κ3) is 4.98. The number of hydrogen-bond donors (Lipinski definition) is 2. The maximum Gasteiger partial charge on any atom is 0.416 e. The smallest absolute Gasteiger partial charge is 0.355 e. The van der Waals surface area contributed by atoms with Gasteiger partial charge in [0.15, 0.2) is 0 Å². The fraction of sp³-hybridized carbons (Fsp3) is 0.0435. The summed E-state index contributed by atoms with van der Waals surface area (Å²) in [6.07, 6.45) is -3.03. The first kappa shape index (κ1) is 20.3. The molecule has 4 aromatic rings. The molecule has 8 heteroatoms. The van der Waals surface area contributed by atoms with Gasteiger partial charge in [-0.05, 0) is 48.5 Å². The van der Waals surface area contributed by atoms with Crippen LogP contribution in [0.3, 0.4) is 0 Å². The summed E-state index contributed by atoms with van der Waals surface area (Å²) in [4.78, 5) is 8.45. The van der Waals surface area contributed by atoms with Gasteiger partial charge in [-0.1, -0.05) is 24.3 Å². The molecule has 0 saturated heterocycles. The molecule has 3 aromatic carbocycles. The molecule has 0 amide bonds. The van der Waals surface area contributed by atoms with Crippen LogP contribution in [0.25, 0.3) is 11.3 Å². The quantitative estimate of drug-likeness (QED) is 0.347. The van der Waals surface area contributed by atoms with Crippen LogP contribution in [-0.2, 0) is 6.18 Å². The van der Waals surface area contributed by atoms with E-state index < -0.39 is 11.7 Å². The number of rotatable bonds is 5. The zero-order valence-electron chi connectivity index (χ0n) is 16.0. The van der Waals surface area contributed by atoms with E-state index in [1.165, 1.54) is 30.6 Å². The maximum atomic E-state index is 13.5. The first-order valence-electron chi connectivity index (χ1n) is 9.27. The molecular weight excluding hydrogens is 408 g/mol. The Morgan fingerprint density at radius 3 is 2.23 bits per heavy atom. The third-order valence-electron chi connectivity index (χ3n) is 4.46. The lowest BCUT2D eigenvalue weighted by molar-refractivity contribution is -0.137. The van der Waals surface area contributed by atoms with Crippen LogP contribution in [0.2, 0.25) is 0 Å². The van der Waals surface area contributed by atoms with Gasteiger partial charge in [-0.3, -0.25) is 0 Å². The van der Waals surface area contributed by atoms with Gasteiger partial charge >= 0.3 is 6.18 Å². The van der Waals surface area contributed by atoms with Crippen molar-refractivity contribution in [3.63, 3.8) is 0 Å². The molecule has 4 nitrogen and oxygen atoms in total. The lowest BCUT2D eigenvalue weighted by Crippen LogP contribution is -2.04. The number of para-hydroxylation sites is 1. The molecule has 0 radical (unpaired) electrons. The Hall–Kier alpha value is -3.94. The Labute approximate surface area is 175 Å². The maximum absolute atomic E-state index is 13.5. The van der Waals surface area contributed by atoms with Crippen LogP contribution in [0.15, 0.2) is 85.2 Å². The first-order valence-corrected chi connectivity index (χ1v) is 9.27. The highest BCUT2D eigenvalue weighted by molar-refractivity contribution is 5.80. The predicted octanol–water partition coefficient (Wildman–Crippen LogP) is 6.79. The summed E-state index contributed by atoms with van der Waals surface area (Å²) in [5.74, 6) is 0.0675. The van der Waals surface area contributed by atoms with Gasteiger partial charge in [-0.15, -0.1) is 0 Å². The number of anilines is 4. The van der Waals surface area contributed by atoms with Crippen molar-refractivity contribution in [3.05, 3.63) is 96.6 Å². The molecule has 0 fully saturated rings. The lowest BCUT2D eigenvalue weighted by atomic mass is 10.1. The number of benzene rings is 3. The van der Waals surface area contributed by atoms with Crippen LogP contribution in [-0.4, -0.2) is 9.97 Å². The van der Waals surface area contributed by atoms with Gasteiger partial charge in [0, 0.05) is 28.7 Å². The summed E-state index contributed by atoms with van der Waals surface area (Å²) in [5.41, 5.74) is 2.38. The SMILES string of the molecule is Fc1cccc(Nc2ccccc2-c2cc(Nc3ccc(C(F)(F)F)cc3)ncn2)c1. The van der Waals surface area contributed by atoms with E-state index in [9.17, 15) is 17.6 Å².